The minimum absolute atomic E-state index is 0.676. The number of nitrogens with zero attached hydrogens (tertiary/aromatic N) is 4. The lowest BCUT2D eigenvalue weighted by molar-refractivity contribution is 0.456. The van der Waals surface area contributed by atoms with E-state index in [1.807, 2.05) is 54.6 Å². The molecule has 5 heteroatoms. The Kier molecular flexibility index (Phi) is 10.6. The zero-order chi connectivity index (χ0) is 46.2. The van der Waals surface area contributed by atoms with E-state index in [1.165, 1.54) is 16.3 Å². The van der Waals surface area contributed by atoms with Crippen LogP contribution in [0.1, 0.15) is 23.6 Å². The maximum atomic E-state index is 5.46. The average molecular weight is 884 g/mol. The first-order chi connectivity index (χ1) is 34.0. The molecule has 1 aromatic heterocycles. The Labute approximate surface area is 401 Å². The van der Waals surface area contributed by atoms with E-state index in [0.29, 0.717) is 11.7 Å². The van der Waals surface area contributed by atoms with Gasteiger partial charge in [0, 0.05) is 33.2 Å². The van der Waals surface area contributed by atoms with Gasteiger partial charge in [0.25, 0.3) is 0 Å². The van der Waals surface area contributed by atoms with Gasteiger partial charge in [0.2, 0.25) is 0 Å². The molecule has 0 amide bonds. The molecule has 12 rings (SSSR count). The molecule has 1 atom stereocenters. The molecule has 0 aliphatic carbocycles. The summed E-state index contributed by atoms with van der Waals surface area (Å²) in [6.45, 7) is 2.16. The summed E-state index contributed by atoms with van der Waals surface area (Å²) < 4.78 is 0. The molecule has 1 N–H and O–H groups in total. The van der Waals surface area contributed by atoms with Crippen molar-refractivity contribution < 1.29 is 0 Å². The SMILES string of the molecule is CC1(c2ccccc2-c2ccc(-c3cccc(-c4nc(-c5ccccc5)c5ccccc5n4)c3)cc2-c2cccc(-c3cccc4ccccc34)c2)N=C(c2ccccc2)N=C(c2ccccc2)N1. The number of benzene rings is 10. The van der Waals surface area contributed by atoms with Crippen LogP contribution in [0.15, 0.2) is 259 Å². The molecular weight excluding hydrogens is 839 g/mol. The molecule has 5 nitrogen and oxygen atoms in total. The minimum Gasteiger partial charge on any atom is -0.342 e. The largest absolute Gasteiger partial charge is 0.342 e. The Hall–Kier alpha value is -9.06. The molecule has 0 spiro atoms. The third-order valence-electron chi connectivity index (χ3n) is 13.1. The van der Waals surface area contributed by atoms with Gasteiger partial charge in [-0.25, -0.2) is 20.0 Å². The minimum atomic E-state index is -0.887. The number of amidine groups is 2. The van der Waals surface area contributed by atoms with E-state index in [9.17, 15) is 0 Å². The maximum Gasteiger partial charge on any atom is 0.160 e. The zero-order valence-corrected chi connectivity index (χ0v) is 38.0. The van der Waals surface area contributed by atoms with E-state index in [-0.39, 0.29) is 0 Å². The molecule has 0 bridgehead atoms. The first-order valence-corrected chi connectivity index (χ1v) is 23.4. The normalized spacial score (nSPS) is 14.5. The summed E-state index contributed by atoms with van der Waals surface area (Å²) in [4.78, 5) is 20.9. The summed E-state index contributed by atoms with van der Waals surface area (Å²) in [7, 11) is 0. The van der Waals surface area contributed by atoms with Gasteiger partial charge in [0.1, 0.15) is 5.84 Å². The van der Waals surface area contributed by atoms with Crippen molar-refractivity contribution in [2.75, 3.05) is 0 Å². The number of nitrogens with one attached hydrogen (secondary N) is 1. The molecule has 0 saturated carbocycles. The van der Waals surface area contributed by atoms with Gasteiger partial charge in [-0.2, -0.15) is 0 Å². The smallest absolute Gasteiger partial charge is 0.160 e. The fraction of sp³-hybridized carbons (Fsp3) is 0.0312. The van der Waals surface area contributed by atoms with E-state index in [2.05, 4.69) is 206 Å². The lowest BCUT2D eigenvalue weighted by atomic mass is 9.85. The standard InChI is InChI=1S/C64H45N5/c1-64(68-62(45-23-7-3-8-24-45)67-63(69-64)46-25-9-4-10-26-46)58-36-15-13-33-55(58)54-39-38-48(42-57(54)50-30-18-29-49(41-50)53-35-19-27-43-20-11-12-32-52(43)53)47-28-17-31-51(40-47)61-65-59-37-16-14-34-56(59)60(66-61)44-21-5-2-6-22-44/h2-42H,1H3,(H,67,68,69). The summed E-state index contributed by atoms with van der Waals surface area (Å²) in [5.74, 6) is 2.13. The van der Waals surface area contributed by atoms with Crippen LogP contribution >= 0.6 is 0 Å². The summed E-state index contributed by atoms with van der Waals surface area (Å²) in [5.41, 5.74) is 14.8. The molecule has 69 heavy (non-hydrogen) atoms. The van der Waals surface area contributed by atoms with Gasteiger partial charge in [0.15, 0.2) is 17.3 Å². The van der Waals surface area contributed by atoms with Crippen molar-refractivity contribution in [2.24, 2.45) is 9.98 Å². The molecule has 10 aromatic carbocycles. The van der Waals surface area contributed by atoms with Crippen LogP contribution in [-0.4, -0.2) is 21.6 Å². The second-order valence-corrected chi connectivity index (χ2v) is 17.6. The molecule has 1 aliphatic heterocycles. The Morgan fingerprint density at radius 2 is 0.913 bits per heavy atom. The molecule has 1 unspecified atom stereocenters. The van der Waals surface area contributed by atoms with Gasteiger partial charge in [-0.05, 0) is 86.5 Å². The first kappa shape index (κ1) is 41.4. The van der Waals surface area contributed by atoms with Gasteiger partial charge in [0.05, 0.1) is 11.2 Å². The van der Waals surface area contributed by atoms with Crippen LogP contribution in [0.5, 0.6) is 0 Å². The Morgan fingerprint density at radius 1 is 0.362 bits per heavy atom. The van der Waals surface area contributed by atoms with Crippen LogP contribution in [-0.2, 0) is 5.66 Å². The highest BCUT2D eigenvalue weighted by molar-refractivity contribution is 6.13. The third-order valence-corrected chi connectivity index (χ3v) is 13.1. The highest BCUT2D eigenvalue weighted by Crippen LogP contribution is 2.43. The highest BCUT2D eigenvalue weighted by atomic mass is 15.2. The number of aliphatic imine (C=N–C) groups is 2. The molecule has 2 heterocycles. The lowest BCUT2D eigenvalue weighted by Crippen LogP contribution is -2.46. The molecule has 0 saturated heterocycles. The molecule has 11 aromatic rings. The van der Waals surface area contributed by atoms with Crippen LogP contribution in [0, 0.1) is 0 Å². The summed E-state index contributed by atoms with van der Waals surface area (Å²) in [6.07, 6.45) is 0. The number of fused-ring (bicyclic) bond motifs is 2. The summed E-state index contributed by atoms with van der Waals surface area (Å²) in [5, 5.41) is 7.27. The van der Waals surface area contributed by atoms with Crippen molar-refractivity contribution in [1.82, 2.24) is 15.3 Å². The van der Waals surface area contributed by atoms with Crippen LogP contribution in [0.3, 0.4) is 0 Å². The molecule has 0 fully saturated rings. The van der Waals surface area contributed by atoms with Crippen molar-refractivity contribution in [2.45, 2.75) is 12.6 Å². The van der Waals surface area contributed by atoms with Crippen molar-refractivity contribution >= 4 is 33.3 Å². The quantitative estimate of drug-likeness (QED) is 0.157. The monoisotopic (exact) mass is 883 g/mol. The highest BCUT2D eigenvalue weighted by Gasteiger charge is 2.34. The van der Waals surface area contributed by atoms with Gasteiger partial charge in [-0.3, -0.25) is 0 Å². The number of hydrogen-bond acceptors (Lipinski definition) is 5. The lowest BCUT2D eigenvalue weighted by Gasteiger charge is -2.34. The van der Waals surface area contributed by atoms with Gasteiger partial charge in [-0.15, -0.1) is 0 Å². The fourth-order valence-electron chi connectivity index (χ4n) is 9.74. The van der Waals surface area contributed by atoms with E-state index in [4.69, 9.17) is 20.0 Å². The van der Waals surface area contributed by atoms with Crippen molar-refractivity contribution in [3.8, 4) is 67.2 Å². The Balaban J connectivity index is 1.03. The van der Waals surface area contributed by atoms with Crippen LogP contribution in [0.25, 0.3) is 88.8 Å². The van der Waals surface area contributed by atoms with Gasteiger partial charge < -0.3 is 5.32 Å². The molecule has 326 valence electrons. The van der Waals surface area contributed by atoms with E-state index in [0.717, 1.165) is 89.2 Å². The summed E-state index contributed by atoms with van der Waals surface area (Å²) in [6, 6.07) is 87.5. The van der Waals surface area contributed by atoms with Crippen LogP contribution < -0.4 is 5.32 Å². The van der Waals surface area contributed by atoms with E-state index >= 15 is 0 Å². The van der Waals surface area contributed by atoms with E-state index in [1.54, 1.807) is 0 Å². The number of hydrogen-bond donors (Lipinski definition) is 1. The Morgan fingerprint density at radius 3 is 1.71 bits per heavy atom. The van der Waals surface area contributed by atoms with Crippen molar-refractivity contribution in [1.29, 1.82) is 0 Å². The van der Waals surface area contributed by atoms with Crippen molar-refractivity contribution in [3.63, 3.8) is 0 Å². The van der Waals surface area contributed by atoms with Gasteiger partial charge >= 0.3 is 0 Å². The number of para-hydroxylation sites is 1. The average Bonchev–Trinajstić information content (AvgIpc) is 3.43. The molecular formula is C64H45N5. The molecule has 0 radical (unpaired) electrons. The summed E-state index contributed by atoms with van der Waals surface area (Å²) >= 11 is 0. The molecule has 1 aliphatic rings. The van der Waals surface area contributed by atoms with Crippen LogP contribution in [0.4, 0.5) is 0 Å². The second-order valence-electron chi connectivity index (χ2n) is 17.6. The van der Waals surface area contributed by atoms with Crippen LogP contribution in [0.2, 0.25) is 0 Å². The predicted octanol–water partition coefficient (Wildman–Crippen LogP) is 15.5. The predicted molar refractivity (Wildman–Crippen MR) is 286 cm³/mol. The maximum absolute atomic E-state index is 5.46. The van der Waals surface area contributed by atoms with E-state index < -0.39 is 5.66 Å². The number of aromatic nitrogens is 2. The number of rotatable bonds is 9. The first-order valence-electron chi connectivity index (χ1n) is 23.4. The topological polar surface area (TPSA) is 62.5 Å². The fourth-order valence-corrected chi connectivity index (χ4v) is 9.74. The van der Waals surface area contributed by atoms with Gasteiger partial charge in [-0.1, -0.05) is 224 Å². The Bertz CT molecular complexity index is 3760. The third kappa shape index (κ3) is 7.96. The second kappa shape index (κ2) is 17.6. The zero-order valence-electron chi connectivity index (χ0n) is 38.0. The van der Waals surface area contributed by atoms with Crippen molar-refractivity contribution in [3.05, 3.63) is 265 Å².